The molecule has 2 N–H and O–H groups in total. The predicted octanol–water partition coefficient (Wildman–Crippen LogP) is 1.76. The zero-order valence-electron chi connectivity index (χ0n) is 21.0. The molecule has 2 fully saturated rings. The van der Waals surface area contributed by atoms with Crippen molar-refractivity contribution >= 4 is 28.6 Å². The second-order valence-corrected chi connectivity index (χ2v) is 9.60. The first kappa shape index (κ1) is 25.0. The van der Waals surface area contributed by atoms with Crippen molar-refractivity contribution in [3.63, 3.8) is 0 Å². The fourth-order valence-corrected chi connectivity index (χ4v) is 5.36. The lowest BCUT2D eigenvalue weighted by Gasteiger charge is -2.39. The molecule has 35 heavy (non-hydrogen) atoms. The van der Waals surface area contributed by atoms with Gasteiger partial charge in [-0.2, -0.15) is 0 Å². The van der Waals surface area contributed by atoms with E-state index in [0.29, 0.717) is 31.9 Å². The number of likely N-dealkylation sites (N-methyl/N-ethyl adjacent to an activating group) is 1. The van der Waals surface area contributed by atoms with E-state index in [1.807, 2.05) is 45.7 Å². The molecule has 1 atom stereocenters. The van der Waals surface area contributed by atoms with Gasteiger partial charge >= 0.3 is 0 Å². The molecule has 1 unspecified atom stereocenters. The number of rotatable bonds is 7. The molecule has 4 rings (SSSR count). The van der Waals surface area contributed by atoms with Gasteiger partial charge in [-0.05, 0) is 44.0 Å². The number of aryl methyl sites for hydroxylation is 1. The highest BCUT2D eigenvalue weighted by atomic mass is 16.5. The van der Waals surface area contributed by atoms with Gasteiger partial charge in [0.05, 0.1) is 19.2 Å². The van der Waals surface area contributed by atoms with Crippen LogP contribution >= 0.6 is 0 Å². The van der Waals surface area contributed by atoms with E-state index in [2.05, 4.69) is 10.6 Å². The number of ether oxygens (including phenoxy) is 1. The average molecular weight is 484 g/mol. The molecule has 190 valence electrons. The Kier molecular flexibility index (Phi) is 7.95. The molecule has 3 amide bonds. The van der Waals surface area contributed by atoms with E-state index in [-0.39, 0.29) is 30.2 Å². The van der Waals surface area contributed by atoms with Gasteiger partial charge in [0.15, 0.2) is 0 Å². The molecule has 0 spiro atoms. The topological polar surface area (TPSA) is 95.9 Å². The summed E-state index contributed by atoms with van der Waals surface area (Å²) in [6.45, 7) is 2.06. The van der Waals surface area contributed by atoms with Gasteiger partial charge in [0.25, 0.3) is 5.91 Å². The van der Waals surface area contributed by atoms with Crippen molar-refractivity contribution in [2.75, 3.05) is 46.9 Å². The molecule has 2 aliphatic rings. The molecule has 9 nitrogen and oxygen atoms in total. The first-order valence-electron chi connectivity index (χ1n) is 12.6. The van der Waals surface area contributed by atoms with Crippen LogP contribution in [0, 0.1) is 5.92 Å². The third-order valence-electron chi connectivity index (χ3n) is 7.39. The number of fused-ring (bicyclic) bond motifs is 1. The largest absolute Gasteiger partial charge is 0.497 e. The number of hydrogen-bond acceptors (Lipinski definition) is 5. The lowest BCUT2D eigenvalue weighted by atomic mass is 9.83. The lowest BCUT2D eigenvalue weighted by molar-refractivity contribution is -0.139. The highest BCUT2D eigenvalue weighted by molar-refractivity contribution is 5.99. The monoisotopic (exact) mass is 483 g/mol. The second kappa shape index (κ2) is 11.1. The Hall–Kier alpha value is -3.07. The molecule has 1 aromatic carbocycles. The summed E-state index contributed by atoms with van der Waals surface area (Å²) in [7, 11) is 5.23. The Morgan fingerprint density at radius 2 is 1.71 bits per heavy atom. The molecule has 2 heterocycles. The van der Waals surface area contributed by atoms with Gasteiger partial charge in [0.2, 0.25) is 11.8 Å². The Balaban J connectivity index is 1.42. The fourth-order valence-electron chi connectivity index (χ4n) is 5.36. The van der Waals surface area contributed by atoms with Crippen LogP contribution in [0.3, 0.4) is 0 Å². The second-order valence-electron chi connectivity index (χ2n) is 9.60. The van der Waals surface area contributed by atoms with Crippen LogP contribution in [0.4, 0.5) is 0 Å². The van der Waals surface area contributed by atoms with E-state index < -0.39 is 6.04 Å². The van der Waals surface area contributed by atoms with Crippen molar-refractivity contribution < 1.29 is 19.1 Å². The number of nitrogens with zero attached hydrogens (tertiary/aromatic N) is 3. The summed E-state index contributed by atoms with van der Waals surface area (Å²) in [6.07, 6.45) is 5.29. The number of methoxy groups -OCH3 is 1. The highest BCUT2D eigenvalue weighted by Gasteiger charge is 2.35. The summed E-state index contributed by atoms with van der Waals surface area (Å²) in [5.41, 5.74) is 1.56. The Morgan fingerprint density at radius 1 is 1.03 bits per heavy atom. The van der Waals surface area contributed by atoms with Crippen LogP contribution in [0.25, 0.3) is 10.9 Å². The molecule has 0 bridgehead atoms. The van der Waals surface area contributed by atoms with E-state index in [9.17, 15) is 14.4 Å². The third-order valence-corrected chi connectivity index (χ3v) is 7.39. The zero-order valence-corrected chi connectivity index (χ0v) is 21.0. The standard InChI is InChI=1S/C26H37N5O4/c1-27-17-23(32)28-24(18-7-5-4-6-8-18)26(34)31-13-11-30(12-14-31)25(33)22-15-19-9-10-20(35-3)16-21(19)29(22)2/h9-10,15-16,18,24,27H,4-8,11-14,17H2,1-3H3,(H,28,32). The number of piperazine rings is 1. The predicted molar refractivity (Wildman–Crippen MR) is 134 cm³/mol. The number of amides is 3. The number of aromatic nitrogens is 1. The molecule has 1 saturated heterocycles. The first-order chi connectivity index (χ1) is 16.9. The van der Waals surface area contributed by atoms with Gasteiger partial charge in [-0.1, -0.05) is 19.3 Å². The lowest BCUT2D eigenvalue weighted by Crippen LogP contribution is -2.58. The Morgan fingerprint density at radius 3 is 2.37 bits per heavy atom. The Bertz CT molecular complexity index is 1070. The maximum Gasteiger partial charge on any atom is 0.270 e. The van der Waals surface area contributed by atoms with Crippen LogP contribution in [0.1, 0.15) is 42.6 Å². The van der Waals surface area contributed by atoms with E-state index in [0.717, 1.165) is 42.3 Å². The minimum atomic E-state index is -0.494. The number of carbonyl (C=O) groups is 3. The van der Waals surface area contributed by atoms with E-state index in [1.165, 1.54) is 6.42 Å². The van der Waals surface area contributed by atoms with Crippen LogP contribution < -0.4 is 15.4 Å². The van der Waals surface area contributed by atoms with Gasteiger partial charge in [0.1, 0.15) is 17.5 Å². The van der Waals surface area contributed by atoms with Crippen molar-refractivity contribution in [3.05, 3.63) is 30.0 Å². The first-order valence-corrected chi connectivity index (χ1v) is 12.6. The van der Waals surface area contributed by atoms with Crippen molar-refractivity contribution in [2.45, 2.75) is 38.1 Å². The van der Waals surface area contributed by atoms with Crippen molar-refractivity contribution in [3.8, 4) is 5.75 Å². The quantitative estimate of drug-likeness (QED) is 0.626. The molecule has 1 aliphatic carbocycles. The normalized spacial score (nSPS) is 17.9. The summed E-state index contributed by atoms with van der Waals surface area (Å²) in [5.74, 6) is 0.701. The third kappa shape index (κ3) is 5.45. The molecule has 1 saturated carbocycles. The molecule has 2 aromatic rings. The number of hydrogen-bond donors (Lipinski definition) is 2. The van der Waals surface area contributed by atoms with Crippen LogP contribution in [0.15, 0.2) is 24.3 Å². The van der Waals surface area contributed by atoms with Crippen LogP contribution in [-0.4, -0.2) is 85.0 Å². The molecular formula is C26H37N5O4. The van der Waals surface area contributed by atoms with Gasteiger partial charge < -0.3 is 29.7 Å². The molecule has 1 aliphatic heterocycles. The average Bonchev–Trinajstić information content (AvgIpc) is 3.22. The van der Waals surface area contributed by atoms with Crippen LogP contribution in [0.2, 0.25) is 0 Å². The van der Waals surface area contributed by atoms with E-state index in [1.54, 1.807) is 14.2 Å². The Labute approximate surface area is 206 Å². The number of carbonyl (C=O) groups excluding carboxylic acids is 3. The molecular weight excluding hydrogens is 446 g/mol. The maximum atomic E-state index is 13.5. The fraction of sp³-hybridized carbons (Fsp3) is 0.577. The van der Waals surface area contributed by atoms with Gasteiger partial charge in [-0.25, -0.2) is 0 Å². The summed E-state index contributed by atoms with van der Waals surface area (Å²) >= 11 is 0. The summed E-state index contributed by atoms with van der Waals surface area (Å²) in [6, 6.07) is 7.18. The molecule has 1 aromatic heterocycles. The minimum Gasteiger partial charge on any atom is -0.497 e. The summed E-state index contributed by atoms with van der Waals surface area (Å²) in [5, 5.41) is 6.83. The van der Waals surface area contributed by atoms with Crippen LogP contribution in [0.5, 0.6) is 5.75 Å². The van der Waals surface area contributed by atoms with E-state index in [4.69, 9.17) is 4.74 Å². The highest BCUT2D eigenvalue weighted by Crippen LogP contribution is 2.28. The zero-order chi connectivity index (χ0) is 24.9. The summed E-state index contributed by atoms with van der Waals surface area (Å²) in [4.78, 5) is 42.8. The van der Waals surface area contributed by atoms with Gasteiger partial charge in [0, 0.05) is 44.7 Å². The maximum absolute atomic E-state index is 13.5. The van der Waals surface area contributed by atoms with E-state index >= 15 is 0 Å². The van der Waals surface area contributed by atoms with Crippen molar-refractivity contribution in [1.29, 1.82) is 0 Å². The molecule has 0 radical (unpaired) electrons. The van der Waals surface area contributed by atoms with Crippen molar-refractivity contribution in [2.24, 2.45) is 13.0 Å². The van der Waals surface area contributed by atoms with Crippen LogP contribution in [-0.2, 0) is 16.6 Å². The minimum absolute atomic E-state index is 0.0230. The SMILES string of the molecule is CNCC(=O)NC(C(=O)N1CCN(C(=O)c2cc3ccc(OC)cc3n2C)CC1)C1CCCCC1. The smallest absolute Gasteiger partial charge is 0.270 e. The number of benzene rings is 1. The van der Waals surface area contributed by atoms with Gasteiger partial charge in [-0.15, -0.1) is 0 Å². The number of nitrogens with one attached hydrogen (secondary N) is 2. The summed E-state index contributed by atoms with van der Waals surface area (Å²) < 4.78 is 7.22. The van der Waals surface area contributed by atoms with Gasteiger partial charge in [-0.3, -0.25) is 14.4 Å². The van der Waals surface area contributed by atoms with Crippen molar-refractivity contribution in [1.82, 2.24) is 25.0 Å². The molecule has 9 heteroatoms.